The van der Waals surface area contributed by atoms with Gasteiger partial charge in [0.15, 0.2) is 0 Å². The van der Waals surface area contributed by atoms with E-state index >= 15 is 0 Å². The maximum atomic E-state index is 10.4. The summed E-state index contributed by atoms with van der Waals surface area (Å²) in [5, 5.41) is 8.05. The van der Waals surface area contributed by atoms with Gasteiger partial charge in [-0.3, -0.25) is 19.2 Å². The van der Waals surface area contributed by atoms with Crippen LogP contribution in [-0.2, 0) is 33.4 Å². The molecule has 0 atom stereocenters. The van der Waals surface area contributed by atoms with Gasteiger partial charge in [0, 0.05) is 13.1 Å². The molecule has 10 heteroatoms. The Labute approximate surface area is 135 Å². The zero-order valence-corrected chi connectivity index (χ0v) is 13.7. The van der Waals surface area contributed by atoms with Gasteiger partial charge in [-0.05, 0) is 0 Å². The molecule has 0 heterocycles. The molecule has 0 radical (unpaired) electrons. The first-order valence-corrected chi connectivity index (χ1v) is 6.61. The van der Waals surface area contributed by atoms with Gasteiger partial charge in [0.25, 0.3) is 0 Å². The van der Waals surface area contributed by atoms with E-state index in [9.17, 15) is 19.2 Å². The fourth-order valence-electron chi connectivity index (χ4n) is 0.719. The largest absolute Gasteiger partial charge is 0.481 e. The second kappa shape index (κ2) is 19.8. The van der Waals surface area contributed by atoms with E-state index in [0.29, 0.717) is 13.1 Å². The van der Waals surface area contributed by atoms with Crippen molar-refractivity contribution in [3.05, 3.63) is 0 Å². The highest BCUT2D eigenvalue weighted by Crippen LogP contribution is 1.92. The van der Waals surface area contributed by atoms with Gasteiger partial charge in [-0.15, -0.1) is 0 Å². The number of carbonyl (C=O) groups is 4. The van der Waals surface area contributed by atoms with Crippen LogP contribution < -0.4 is 11.5 Å². The standard InChI is InChI=1S/C6H10O4.C5H8O4.C2H8N2/c1-9-5(7)3-4-6(8)10-2;1-9-5(8)3-2-4(6)7;3-1-2-4/h3-4H2,1-2H3;2-3H2,1H3,(H,6,7);1-4H2. The summed E-state index contributed by atoms with van der Waals surface area (Å²) < 4.78 is 12.8. The molecule has 0 aromatic heterocycles. The Balaban J connectivity index is -0.000000284. The monoisotopic (exact) mass is 338 g/mol. The zero-order valence-electron chi connectivity index (χ0n) is 13.7. The van der Waals surface area contributed by atoms with Gasteiger partial charge in [0.1, 0.15) is 0 Å². The van der Waals surface area contributed by atoms with Crippen molar-refractivity contribution in [2.75, 3.05) is 34.4 Å². The van der Waals surface area contributed by atoms with Crippen molar-refractivity contribution in [1.82, 2.24) is 0 Å². The molecule has 0 rings (SSSR count). The molecule has 0 aliphatic rings. The summed E-state index contributed by atoms with van der Waals surface area (Å²) in [7, 11) is 3.78. The summed E-state index contributed by atoms with van der Waals surface area (Å²) in [6.45, 7) is 1.19. The van der Waals surface area contributed by atoms with Crippen LogP contribution in [0.25, 0.3) is 0 Å². The Morgan fingerprint density at radius 1 is 0.696 bits per heavy atom. The highest BCUT2D eigenvalue weighted by molar-refractivity contribution is 5.77. The van der Waals surface area contributed by atoms with Crippen molar-refractivity contribution in [2.45, 2.75) is 25.7 Å². The molecule has 0 fully saturated rings. The molecular formula is C13H26N2O8. The highest BCUT2D eigenvalue weighted by Gasteiger charge is 2.05. The number of carboxylic acids is 1. The van der Waals surface area contributed by atoms with Crippen LogP contribution in [0.5, 0.6) is 0 Å². The third-order valence-corrected chi connectivity index (χ3v) is 1.93. The minimum absolute atomic E-state index is 0.0498. The molecule has 23 heavy (non-hydrogen) atoms. The van der Waals surface area contributed by atoms with Crippen LogP contribution in [0.2, 0.25) is 0 Å². The number of carbonyl (C=O) groups excluding carboxylic acids is 3. The van der Waals surface area contributed by atoms with Crippen LogP contribution in [0.3, 0.4) is 0 Å². The molecule has 10 nitrogen and oxygen atoms in total. The molecule has 0 saturated heterocycles. The van der Waals surface area contributed by atoms with E-state index in [2.05, 4.69) is 14.2 Å². The SMILES string of the molecule is COC(=O)CCC(=O)O.COC(=O)CCC(=O)OC.NCCN. The second-order valence-corrected chi connectivity index (χ2v) is 3.70. The maximum absolute atomic E-state index is 10.4. The summed E-state index contributed by atoms with van der Waals surface area (Å²) in [6, 6.07) is 0. The van der Waals surface area contributed by atoms with Crippen LogP contribution in [0, 0.1) is 0 Å². The number of aliphatic carboxylic acids is 1. The van der Waals surface area contributed by atoms with Gasteiger partial charge < -0.3 is 30.8 Å². The lowest BCUT2D eigenvalue weighted by Gasteiger charge is -1.96. The minimum atomic E-state index is -0.986. The van der Waals surface area contributed by atoms with Crippen LogP contribution in [-0.4, -0.2) is 63.4 Å². The van der Waals surface area contributed by atoms with E-state index in [0.717, 1.165) is 0 Å². The third kappa shape index (κ3) is 28.6. The number of methoxy groups -OCH3 is 3. The van der Waals surface area contributed by atoms with Crippen molar-refractivity contribution in [2.24, 2.45) is 11.5 Å². The Hall–Kier alpha value is -2.20. The fourth-order valence-corrected chi connectivity index (χ4v) is 0.719. The smallest absolute Gasteiger partial charge is 0.306 e. The summed E-state index contributed by atoms with van der Waals surface area (Å²) in [5.74, 6) is -2.27. The van der Waals surface area contributed by atoms with Crippen LogP contribution >= 0.6 is 0 Å². The van der Waals surface area contributed by atoms with E-state index < -0.39 is 23.9 Å². The Morgan fingerprint density at radius 2 is 0.957 bits per heavy atom. The first-order valence-electron chi connectivity index (χ1n) is 6.61. The molecule has 0 spiro atoms. The van der Waals surface area contributed by atoms with Gasteiger partial charge >= 0.3 is 23.9 Å². The maximum Gasteiger partial charge on any atom is 0.306 e. The van der Waals surface area contributed by atoms with Crippen molar-refractivity contribution in [3.63, 3.8) is 0 Å². The molecule has 0 aliphatic carbocycles. The van der Waals surface area contributed by atoms with Gasteiger partial charge in [-0.2, -0.15) is 0 Å². The lowest BCUT2D eigenvalue weighted by molar-refractivity contribution is -0.147. The molecule has 0 aromatic rings. The molecule has 0 bridgehead atoms. The van der Waals surface area contributed by atoms with Crippen molar-refractivity contribution in [1.29, 1.82) is 0 Å². The Bertz CT molecular complexity index is 329. The van der Waals surface area contributed by atoms with Gasteiger partial charge in [-0.1, -0.05) is 0 Å². The van der Waals surface area contributed by atoms with E-state index in [4.69, 9.17) is 16.6 Å². The van der Waals surface area contributed by atoms with E-state index in [1.807, 2.05) is 0 Å². The first kappa shape index (κ1) is 25.7. The number of rotatable bonds is 7. The lowest BCUT2D eigenvalue weighted by Crippen LogP contribution is -2.11. The normalized spacial score (nSPS) is 8.39. The van der Waals surface area contributed by atoms with Crippen LogP contribution in [0.15, 0.2) is 0 Å². The predicted octanol–water partition coefficient (Wildman–Crippen LogP) is -0.959. The molecule has 0 aromatic carbocycles. The number of hydrogen-bond acceptors (Lipinski definition) is 9. The van der Waals surface area contributed by atoms with Crippen LogP contribution in [0.4, 0.5) is 0 Å². The quantitative estimate of drug-likeness (QED) is 0.388. The van der Waals surface area contributed by atoms with Crippen LogP contribution in [0.1, 0.15) is 25.7 Å². The van der Waals surface area contributed by atoms with E-state index in [1.165, 1.54) is 21.3 Å². The predicted molar refractivity (Wildman–Crippen MR) is 80.3 cm³/mol. The molecule has 5 N–H and O–H groups in total. The summed E-state index contributed by atoms with van der Waals surface area (Å²) >= 11 is 0. The summed E-state index contributed by atoms with van der Waals surface area (Å²) in [4.78, 5) is 40.8. The molecule has 0 unspecified atom stereocenters. The average Bonchev–Trinajstić information content (AvgIpc) is 2.57. The van der Waals surface area contributed by atoms with Crippen molar-refractivity contribution in [3.8, 4) is 0 Å². The third-order valence-electron chi connectivity index (χ3n) is 1.93. The zero-order chi connectivity index (χ0) is 18.7. The van der Waals surface area contributed by atoms with E-state index in [1.54, 1.807) is 0 Å². The molecule has 136 valence electrons. The minimum Gasteiger partial charge on any atom is -0.481 e. The summed E-state index contributed by atoms with van der Waals surface area (Å²) in [6.07, 6.45) is -0.0369. The average molecular weight is 338 g/mol. The Morgan fingerprint density at radius 3 is 1.13 bits per heavy atom. The van der Waals surface area contributed by atoms with E-state index in [-0.39, 0.29) is 25.7 Å². The molecular weight excluding hydrogens is 312 g/mol. The number of esters is 3. The second-order valence-electron chi connectivity index (χ2n) is 3.70. The summed E-state index contributed by atoms with van der Waals surface area (Å²) in [5.41, 5.74) is 9.81. The van der Waals surface area contributed by atoms with Gasteiger partial charge in [-0.25, -0.2) is 0 Å². The molecule has 0 saturated carbocycles. The van der Waals surface area contributed by atoms with Gasteiger partial charge in [0.05, 0.1) is 47.0 Å². The number of ether oxygens (including phenoxy) is 3. The topological polar surface area (TPSA) is 168 Å². The first-order chi connectivity index (χ1) is 10.8. The van der Waals surface area contributed by atoms with Crippen molar-refractivity contribution < 1.29 is 38.5 Å². The molecule has 0 amide bonds. The number of hydrogen-bond donors (Lipinski definition) is 3. The lowest BCUT2D eigenvalue weighted by atomic mass is 10.3. The van der Waals surface area contributed by atoms with Crippen molar-refractivity contribution >= 4 is 23.9 Å². The number of carboxylic acid groups (broad SMARTS) is 1. The fraction of sp³-hybridized carbons (Fsp3) is 0.692. The molecule has 0 aliphatic heterocycles. The number of nitrogens with two attached hydrogens (primary N) is 2. The Kier molecular flexibility index (Phi) is 22.2. The highest BCUT2D eigenvalue weighted by atomic mass is 16.5. The van der Waals surface area contributed by atoms with Gasteiger partial charge in [0.2, 0.25) is 0 Å².